The molecule has 2 heterocycles. The lowest BCUT2D eigenvalue weighted by molar-refractivity contribution is -0.331. The summed E-state index contributed by atoms with van der Waals surface area (Å²) in [7, 11) is 3.62. The largest absolute Gasteiger partial charge is 0.394 e. The maximum atomic E-state index is 10.8. The van der Waals surface area contributed by atoms with Crippen LogP contribution in [0.3, 0.4) is 0 Å². The van der Waals surface area contributed by atoms with Crippen molar-refractivity contribution < 1.29 is 44.1 Å². The van der Waals surface area contributed by atoms with Gasteiger partial charge in [0.1, 0.15) is 30.0 Å². The van der Waals surface area contributed by atoms with Crippen LogP contribution in [0, 0.1) is 45.3 Å². The molecule has 0 amide bonds. The second kappa shape index (κ2) is 12.4. The zero-order valence-electron chi connectivity index (χ0n) is 30.1. The van der Waals surface area contributed by atoms with E-state index < -0.39 is 48.3 Å². The van der Waals surface area contributed by atoms with Gasteiger partial charge in [-0.3, -0.25) is 0 Å². The van der Waals surface area contributed by atoms with E-state index in [1.54, 1.807) is 7.11 Å². The molecule has 9 heteroatoms. The van der Waals surface area contributed by atoms with Gasteiger partial charge in [-0.05, 0) is 87.4 Å². The molecule has 0 aromatic heterocycles. The number of methoxy groups -OCH3 is 2. The topological polar surface area (TPSA) is 127 Å². The Kier molecular flexibility index (Phi) is 9.49. The van der Waals surface area contributed by atoms with E-state index in [1.165, 1.54) is 18.4 Å². The minimum absolute atomic E-state index is 0.0875. The molecular formula is C38H62O9. The Morgan fingerprint density at radius 1 is 0.957 bits per heavy atom. The summed E-state index contributed by atoms with van der Waals surface area (Å²) in [5.74, 6) is 1.69. The first-order valence-corrected chi connectivity index (χ1v) is 18.1. The van der Waals surface area contributed by atoms with E-state index in [1.807, 2.05) is 7.11 Å². The third kappa shape index (κ3) is 4.95. The van der Waals surface area contributed by atoms with Crippen molar-refractivity contribution in [3.8, 4) is 0 Å². The summed E-state index contributed by atoms with van der Waals surface area (Å²) < 4.78 is 31.7. The first kappa shape index (κ1) is 35.9. The van der Waals surface area contributed by atoms with Gasteiger partial charge in [-0.2, -0.15) is 0 Å². The molecule has 4 N–H and O–H groups in total. The van der Waals surface area contributed by atoms with Gasteiger partial charge in [0.25, 0.3) is 0 Å². The number of aliphatic hydroxyl groups is 4. The summed E-state index contributed by atoms with van der Waals surface area (Å²) in [6.45, 7) is 15.7. The normalized spacial score (nSPS) is 51.1. The number of aliphatic hydroxyl groups excluding tert-OH is 4. The number of allylic oxidation sites excluding steroid dienone is 2. The van der Waals surface area contributed by atoms with E-state index in [0.717, 1.165) is 32.1 Å². The maximum Gasteiger partial charge on any atom is 0.186 e. The number of ether oxygens (including phenoxy) is 5. The summed E-state index contributed by atoms with van der Waals surface area (Å²) in [6.07, 6.45) is 7.16. The molecule has 6 rings (SSSR count). The third-order valence-corrected chi connectivity index (χ3v) is 14.9. The third-order valence-electron chi connectivity index (χ3n) is 14.9. The van der Waals surface area contributed by atoms with Crippen LogP contribution in [-0.2, 0) is 23.7 Å². The van der Waals surface area contributed by atoms with Crippen molar-refractivity contribution in [3.63, 3.8) is 0 Å². The predicted octanol–water partition coefficient (Wildman–Crippen LogP) is 4.75. The fourth-order valence-electron chi connectivity index (χ4n) is 12.2. The van der Waals surface area contributed by atoms with Gasteiger partial charge in [-0.1, -0.05) is 58.4 Å². The first-order chi connectivity index (χ1) is 22.1. The molecule has 3 saturated carbocycles. The van der Waals surface area contributed by atoms with E-state index in [0.29, 0.717) is 17.8 Å². The molecule has 2 bridgehead atoms. The molecular weight excluding hydrogens is 600 g/mol. The highest BCUT2D eigenvalue weighted by atomic mass is 16.7. The minimum atomic E-state index is -1.48. The smallest absolute Gasteiger partial charge is 0.186 e. The highest BCUT2D eigenvalue weighted by Crippen LogP contribution is 2.79. The van der Waals surface area contributed by atoms with Crippen molar-refractivity contribution in [2.75, 3.05) is 20.8 Å². The Balaban J connectivity index is 1.30. The summed E-state index contributed by atoms with van der Waals surface area (Å²) in [5, 5.41) is 41.3. The molecule has 2 saturated heterocycles. The van der Waals surface area contributed by atoms with Gasteiger partial charge in [-0.25, -0.2) is 0 Å². The monoisotopic (exact) mass is 662 g/mol. The molecule has 4 aliphatic carbocycles. The number of hydrogen-bond acceptors (Lipinski definition) is 9. The lowest BCUT2D eigenvalue weighted by Gasteiger charge is -2.65. The number of fused-ring (bicyclic) bond motifs is 2. The lowest BCUT2D eigenvalue weighted by Crippen LogP contribution is -2.66. The Morgan fingerprint density at radius 3 is 2.32 bits per heavy atom. The van der Waals surface area contributed by atoms with Crippen molar-refractivity contribution in [1.82, 2.24) is 0 Å². The van der Waals surface area contributed by atoms with Gasteiger partial charge in [0.15, 0.2) is 12.6 Å². The van der Waals surface area contributed by atoms with Crippen LogP contribution in [0.15, 0.2) is 23.8 Å². The molecule has 5 fully saturated rings. The Labute approximate surface area is 282 Å². The highest BCUT2D eigenvalue weighted by Gasteiger charge is 2.78. The van der Waals surface area contributed by atoms with Crippen molar-refractivity contribution in [2.45, 2.75) is 148 Å². The summed E-state index contributed by atoms with van der Waals surface area (Å²) >= 11 is 0. The van der Waals surface area contributed by atoms with Crippen LogP contribution in [0.25, 0.3) is 0 Å². The van der Waals surface area contributed by atoms with Gasteiger partial charge in [0.05, 0.1) is 18.8 Å². The van der Waals surface area contributed by atoms with E-state index in [4.69, 9.17) is 23.7 Å². The van der Waals surface area contributed by atoms with Crippen LogP contribution in [0.4, 0.5) is 0 Å². The second-order valence-corrected chi connectivity index (χ2v) is 17.3. The molecule has 0 aromatic rings. The highest BCUT2D eigenvalue weighted by molar-refractivity contribution is 5.34. The second-order valence-electron chi connectivity index (χ2n) is 17.3. The Hall–Kier alpha value is -0.880. The van der Waals surface area contributed by atoms with Crippen molar-refractivity contribution in [3.05, 3.63) is 23.8 Å². The zero-order chi connectivity index (χ0) is 34.3. The molecule has 2 aliphatic heterocycles. The van der Waals surface area contributed by atoms with Gasteiger partial charge >= 0.3 is 0 Å². The van der Waals surface area contributed by atoms with Crippen LogP contribution in [0.5, 0.6) is 0 Å². The van der Waals surface area contributed by atoms with E-state index in [-0.39, 0.29) is 40.7 Å². The molecule has 9 nitrogen and oxygen atoms in total. The summed E-state index contributed by atoms with van der Waals surface area (Å²) in [6, 6.07) is 0. The molecule has 0 aromatic carbocycles. The molecule has 1 unspecified atom stereocenters. The van der Waals surface area contributed by atoms with Gasteiger partial charge in [-0.15, -0.1) is 0 Å². The predicted molar refractivity (Wildman–Crippen MR) is 177 cm³/mol. The van der Waals surface area contributed by atoms with Gasteiger partial charge in [0, 0.05) is 31.0 Å². The first-order valence-electron chi connectivity index (χ1n) is 18.1. The standard InChI is InChI=1S/C38H62O9/c1-21(2)18-23(43-8)19-22(3)24-12-14-36(7)26-13-15-38-27(37(26,33(44-9)47-38)17-16-35(24,36)6)10-11-28(34(38,4)5)46-32-31(42)30(41)29(40)25(20-39)45-32/h13,15,18,22-33,39-42H,10-12,14,16-17,19-20H2,1-9H3/t22-,23-,24-,25-,26?,27+,28+,29-,30-,31-,32+,33-,35-,36+,37+,38-/m1/s1. The SMILES string of the molecule is CO[C@@H]1O[C@]23C=CC4[C@@]1(CC[C@]1(C)[C@@H]([C@H](C)C[C@@H](C=C(C)C)OC)CC[C@@]41C)[C@@H]2CC[C@H](O[C@@H]1O[C@H](CO)[C@@H](O)[C@@H](O)[C@H]1O)C3(C)C. The molecule has 1 spiro atoms. The minimum Gasteiger partial charge on any atom is -0.394 e. The molecule has 47 heavy (non-hydrogen) atoms. The summed E-state index contributed by atoms with van der Waals surface area (Å²) in [4.78, 5) is 0. The van der Waals surface area contributed by atoms with Crippen LogP contribution in [0.1, 0.15) is 93.4 Å². The van der Waals surface area contributed by atoms with Crippen LogP contribution in [0.2, 0.25) is 0 Å². The molecule has 6 aliphatic rings. The summed E-state index contributed by atoms with van der Waals surface area (Å²) in [5.41, 5.74) is 0.209. The number of hydrogen-bond donors (Lipinski definition) is 4. The quantitative estimate of drug-likeness (QED) is 0.259. The Bertz CT molecular complexity index is 1210. The molecule has 0 radical (unpaired) electrons. The average molecular weight is 663 g/mol. The van der Waals surface area contributed by atoms with Crippen molar-refractivity contribution in [1.29, 1.82) is 0 Å². The lowest BCUT2D eigenvalue weighted by atomic mass is 9.38. The maximum absolute atomic E-state index is 10.8. The van der Waals surface area contributed by atoms with Gasteiger partial charge in [0.2, 0.25) is 0 Å². The van der Waals surface area contributed by atoms with Crippen LogP contribution in [-0.4, -0.2) is 96.1 Å². The average Bonchev–Trinajstić information content (AvgIpc) is 3.40. The van der Waals surface area contributed by atoms with Crippen LogP contribution >= 0.6 is 0 Å². The van der Waals surface area contributed by atoms with Gasteiger partial charge < -0.3 is 44.1 Å². The number of rotatable bonds is 9. The van der Waals surface area contributed by atoms with Crippen LogP contribution < -0.4 is 0 Å². The van der Waals surface area contributed by atoms with Crippen molar-refractivity contribution >= 4 is 0 Å². The van der Waals surface area contributed by atoms with E-state index >= 15 is 0 Å². The zero-order valence-corrected chi connectivity index (χ0v) is 30.1. The fourth-order valence-corrected chi connectivity index (χ4v) is 12.2. The van der Waals surface area contributed by atoms with E-state index in [2.05, 4.69) is 66.7 Å². The fraction of sp³-hybridized carbons (Fsp3) is 0.895. The van der Waals surface area contributed by atoms with E-state index in [9.17, 15) is 20.4 Å². The molecule has 268 valence electrons. The van der Waals surface area contributed by atoms with Crippen molar-refractivity contribution in [2.24, 2.45) is 45.3 Å². The molecule has 16 atom stereocenters. The Morgan fingerprint density at radius 2 is 1.68 bits per heavy atom.